The Morgan fingerprint density at radius 3 is 2.00 bits per heavy atom. The predicted molar refractivity (Wildman–Crippen MR) is 95.9 cm³/mol. The van der Waals surface area contributed by atoms with Gasteiger partial charge < -0.3 is 19.3 Å². The molecule has 1 fully saturated rings. The van der Waals surface area contributed by atoms with Crippen LogP contribution < -0.4 is 4.74 Å². The van der Waals surface area contributed by atoms with E-state index in [-0.39, 0.29) is 25.0 Å². The molecule has 1 saturated heterocycles. The Morgan fingerprint density at radius 2 is 1.46 bits per heavy atom. The van der Waals surface area contributed by atoms with Crippen LogP contribution in [0.5, 0.6) is 5.75 Å². The molecule has 2 amide bonds. The quantitative estimate of drug-likeness (QED) is 0.737. The van der Waals surface area contributed by atoms with Gasteiger partial charge in [0.1, 0.15) is 5.75 Å². The van der Waals surface area contributed by atoms with E-state index in [1.165, 1.54) is 6.92 Å². The third kappa shape index (κ3) is 5.21. The zero-order valence-corrected chi connectivity index (χ0v) is 15.8. The summed E-state index contributed by atoms with van der Waals surface area (Å²) in [6.45, 7) is 8.72. The second-order valence-electron chi connectivity index (χ2n) is 6.56. The molecule has 0 spiro atoms. The summed E-state index contributed by atoms with van der Waals surface area (Å²) in [6, 6.07) is 3.97. The Labute approximate surface area is 153 Å². The second-order valence-corrected chi connectivity index (χ2v) is 6.56. The fourth-order valence-corrected chi connectivity index (χ4v) is 3.07. The largest absolute Gasteiger partial charge is 0.481 e. The van der Waals surface area contributed by atoms with Crippen LogP contribution in [0.3, 0.4) is 0 Å². The number of benzene rings is 1. The van der Waals surface area contributed by atoms with E-state index in [0.717, 1.165) is 16.7 Å². The van der Waals surface area contributed by atoms with Crippen molar-refractivity contribution in [3.05, 3.63) is 28.8 Å². The van der Waals surface area contributed by atoms with Crippen LogP contribution >= 0.6 is 0 Å². The number of hydrogen-bond donors (Lipinski definition) is 0. The van der Waals surface area contributed by atoms with Gasteiger partial charge in [0.25, 0.3) is 5.91 Å². The molecule has 0 radical (unpaired) electrons. The molecule has 0 aromatic heterocycles. The van der Waals surface area contributed by atoms with Crippen molar-refractivity contribution < 1.29 is 23.9 Å². The van der Waals surface area contributed by atoms with Crippen molar-refractivity contribution >= 4 is 17.8 Å². The number of ether oxygens (including phenoxy) is 2. The van der Waals surface area contributed by atoms with E-state index in [2.05, 4.69) is 0 Å². The Bertz CT molecular complexity index is 670. The normalized spacial score (nSPS) is 14.2. The number of carbonyl (C=O) groups is 3. The van der Waals surface area contributed by atoms with Crippen LogP contribution in [0, 0.1) is 20.8 Å². The number of hydrogen-bond acceptors (Lipinski definition) is 5. The van der Waals surface area contributed by atoms with Crippen LogP contribution in [0.25, 0.3) is 0 Å². The average Bonchev–Trinajstić information content (AvgIpc) is 2.58. The lowest BCUT2D eigenvalue weighted by atomic mass is 10.1. The molecule has 1 aromatic carbocycles. The molecule has 7 nitrogen and oxygen atoms in total. The summed E-state index contributed by atoms with van der Waals surface area (Å²) in [5, 5.41) is 0. The summed E-state index contributed by atoms with van der Waals surface area (Å²) in [5.41, 5.74) is 3.04. The van der Waals surface area contributed by atoms with Gasteiger partial charge in [-0.2, -0.15) is 0 Å². The Balaban J connectivity index is 1.75. The molecule has 0 N–H and O–H groups in total. The van der Waals surface area contributed by atoms with E-state index < -0.39 is 5.97 Å². The van der Waals surface area contributed by atoms with E-state index >= 15 is 0 Å². The first-order valence-corrected chi connectivity index (χ1v) is 8.67. The molecule has 0 aliphatic carbocycles. The summed E-state index contributed by atoms with van der Waals surface area (Å²) in [6.07, 6.45) is 0. The number of amides is 2. The van der Waals surface area contributed by atoms with Gasteiger partial charge in [0.15, 0.2) is 13.2 Å². The van der Waals surface area contributed by atoms with Crippen LogP contribution in [-0.4, -0.2) is 67.0 Å². The highest BCUT2D eigenvalue weighted by molar-refractivity contribution is 5.81. The number of aryl methyl sites for hydroxylation is 3. The lowest BCUT2D eigenvalue weighted by Gasteiger charge is -2.34. The molecule has 1 heterocycles. The van der Waals surface area contributed by atoms with Gasteiger partial charge in [-0.25, -0.2) is 4.79 Å². The number of piperazine rings is 1. The number of nitrogens with zero attached hydrogens (tertiary/aromatic N) is 2. The molecular formula is C19H26N2O5. The molecule has 0 bridgehead atoms. The van der Waals surface area contributed by atoms with E-state index in [0.29, 0.717) is 31.9 Å². The molecule has 1 aliphatic rings. The zero-order valence-electron chi connectivity index (χ0n) is 15.8. The molecule has 0 atom stereocenters. The summed E-state index contributed by atoms with van der Waals surface area (Å²) in [5.74, 6) is -0.175. The molecule has 0 unspecified atom stereocenters. The van der Waals surface area contributed by atoms with E-state index in [9.17, 15) is 14.4 Å². The molecule has 0 saturated carbocycles. The van der Waals surface area contributed by atoms with E-state index in [1.54, 1.807) is 9.80 Å². The van der Waals surface area contributed by atoms with Gasteiger partial charge in [0, 0.05) is 33.1 Å². The van der Waals surface area contributed by atoms with Crippen LogP contribution in [0.1, 0.15) is 23.6 Å². The second kappa shape index (κ2) is 8.69. The van der Waals surface area contributed by atoms with Gasteiger partial charge in [-0.3, -0.25) is 9.59 Å². The average molecular weight is 362 g/mol. The topological polar surface area (TPSA) is 76.2 Å². The smallest absolute Gasteiger partial charge is 0.344 e. The maximum Gasteiger partial charge on any atom is 0.344 e. The van der Waals surface area contributed by atoms with Gasteiger partial charge in [0.05, 0.1) is 0 Å². The van der Waals surface area contributed by atoms with Crippen LogP contribution in [0.15, 0.2) is 12.1 Å². The predicted octanol–water partition coefficient (Wildman–Crippen LogP) is 1.22. The highest BCUT2D eigenvalue weighted by Gasteiger charge is 2.23. The van der Waals surface area contributed by atoms with Gasteiger partial charge in [-0.1, -0.05) is 17.7 Å². The molecule has 7 heteroatoms. The SMILES string of the molecule is CC(=O)N1CCN(C(=O)COC(=O)COc2c(C)cc(C)cc2C)CC1. The molecule has 26 heavy (non-hydrogen) atoms. The minimum atomic E-state index is -0.583. The highest BCUT2D eigenvalue weighted by atomic mass is 16.6. The molecule has 1 aliphatic heterocycles. The van der Waals surface area contributed by atoms with E-state index in [4.69, 9.17) is 9.47 Å². The first-order chi connectivity index (χ1) is 12.3. The fraction of sp³-hybridized carbons (Fsp3) is 0.526. The number of carbonyl (C=O) groups excluding carboxylic acids is 3. The Morgan fingerprint density at radius 1 is 0.923 bits per heavy atom. The first-order valence-electron chi connectivity index (χ1n) is 8.67. The van der Waals surface area contributed by atoms with Gasteiger partial charge in [-0.15, -0.1) is 0 Å². The minimum Gasteiger partial charge on any atom is -0.481 e. The van der Waals surface area contributed by atoms with Crippen molar-refractivity contribution in [2.45, 2.75) is 27.7 Å². The monoisotopic (exact) mass is 362 g/mol. The van der Waals surface area contributed by atoms with Crippen molar-refractivity contribution in [1.82, 2.24) is 9.80 Å². The van der Waals surface area contributed by atoms with E-state index in [1.807, 2.05) is 32.9 Å². The highest BCUT2D eigenvalue weighted by Crippen LogP contribution is 2.24. The minimum absolute atomic E-state index is 0.00219. The summed E-state index contributed by atoms with van der Waals surface area (Å²) in [4.78, 5) is 38.5. The summed E-state index contributed by atoms with van der Waals surface area (Å²) in [7, 11) is 0. The van der Waals surface area contributed by atoms with Crippen molar-refractivity contribution in [2.75, 3.05) is 39.4 Å². The third-order valence-electron chi connectivity index (χ3n) is 4.37. The van der Waals surface area contributed by atoms with Crippen molar-refractivity contribution in [2.24, 2.45) is 0 Å². The van der Waals surface area contributed by atoms with Crippen molar-refractivity contribution in [3.8, 4) is 5.75 Å². The fourth-order valence-electron chi connectivity index (χ4n) is 3.07. The maximum absolute atomic E-state index is 12.1. The van der Waals surface area contributed by atoms with Crippen LogP contribution in [0.2, 0.25) is 0 Å². The molecular weight excluding hydrogens is 336 g/mol. The maximum atomic E-state index is 12.1. The lowest BCUT2D eigenvalue weighted by Crippen LogP contribution is -2.51. The number of rotatable bonds is 5. The van der Waals surface area contributed by atoms with Gasteiger partial charge in [-0.05, 0) is 31.9 Å². The van der Waals surface area contributed by atoms with Gasteiger partial charge >= 0.3 is 5.97 Å². The summed E-state index contributed by atoms with van der Waals surface area (Å²) < 4.78 is 10.6. The van der Waals surface area contributed by atoms with Crippen LogP contribution in [-0.2, 0) is 19.1 Å². The first kappa shape index (κ1) is 19.8. The molecule has 142 valence electrons. The Kier molecular flexibility index (Phi) is 6.60. The zero-order chi connectivity index (χ0) is 19.3. The standard InChI is InChI=1S/C19H26N2O5/c1-13-9-14(2)19(15(3)10-13)26-12-18(24)25-11-17(23)21-7-5-20(6-8-21)16(4)22/h9-10H,5-8,11-12H2,1-4H3. The van der Waals surface area contributed by atoms with Crippen LogP contribution in [0.4, 0.5) is 0 Å². The lowest BCUT2D eigenvalue weighted by molar-refractivity contribution is -0.154. The van der Waals surface area contributed by atoms with Crippen molar-refractivity contribution in [3.63, 3.8) is 0 Å². The summed E-state index contributed by atoms with van der Waals surface area (Å²) >= 11 is 0. The molecule has 2 rings (SSSR count). The van der Waals surface area contributed by atoms with Gasteiger partial charge in [0.2, 0.25) is 5.91 Å². The Hall–Kier alpha value is -2.57. The third-order valence-corrected chi connectivity index (χ3v) is 4.37. The van der Waals surface area contributed by atoms with Crippen molar-refractivity contribution in [1.29, 1.82) is 0 Å². The number of esters is 1. The molecule has 1 aromatic rings.